The van der Waals surface area contributed by atoms with Crippen molar-refractivity contribution >= 4 is 27.7 Å². The van der Waals surface area contributed by atoms with Gasteiger partial charge in [0, 0.05) is 10.8 Å². The van der Waals surface area contributed by atoms with E-state index < -0.39 is 6.16 Å². The minimum absolute atomic E-state index is 0.553. The highest BCUT2D eigenvalue weighted by Gasteiger charge is 2.13. The molecule has 3 heteroatoms. The van der Waals surface area contributed by atoms with Gasteiger partial charge in [0.2, 0.25) is 0 Å². The largest absolute Gasteiger partial charge is 0.513 e. The van der Waals surface area contributed by atoms with E-state index in [1.54, 1.807) is 0 Å². The van der Waals surface area contributed by atoms with Crippen LogP contribution in [0.3, 0.4) is 0 Å². The van der Waals surface area contributed by atoms with Crippen LogP contribution in [0.2, 0.25) is 0 Å². The summed E-state index contributed by atoms with van der Waals surface area (Å²) in [5, 5.41) is 3.92. The fourth-order valence-electron chi connectivity index (χ4n) is 2.54. The van der Waals surface area contributed by atoms with E-state index in [0.717, 1.165) is 28.0 Å². The molecular weight excluding hydrogens is 264 g/mol. The molecule has 0 saturated heterocycles. The molecule has 0 N–H and O–H groups in total. The fourth-order valence-corrected chi connectivity index (χ4v) is 2.54. The number of rotatable bonds is 2. The molecule has 106 valence electrons. The minimum Gasteiger partial charge on any atom is -0.437 e. The van der Waals surface area contributed by atoms with E-state index in [0.29, 0.717) is 5.75 Å². The summed E-state index contributed by atoms with van der Waals surface area (Å²) >= 11 is 0. The highest BCUT2D eigenvalue weighted by atomic mass is 16.7. The number of carbonyl (C=O) groups is 1. The van der Waals surface area contributed by atoms with E-state index in [2.05, 4.69) is 29.9 Å². The first-order valence-corrected chi connectivity index (χ1v) is 6.93. The molecule has 0 fully saturated rings. The summed E-state index contributed by atoms with van der Waals surface area (Å²) in [6, 6.07) is 16.2. The van der Waals surface area contributed by atoms with Gasteiger partial charge in [0.25, 0.3) is 0 Å². The van der Waals surface area contributed by atoms with Crippen LogP contribution in [-0.2, 0) is 11.2 Å². The summed E-state index contributed by atoms with van der Waals surface area (Å²) in [7, 11) is 1.31. The van der Waals surface area contributed by atoms with Crippen LogP contribution in [0.1, 0.15) is 12.5 Å². The Hall–Kier alpha value is -2.55. The van der Waals surface area contributed by atoms with E-state index in [1.165, 1.54) is 12.7 Å². The molecule has 0 bridgehead atoms. The van der Waals surface area contributed by atoms with Gasteiger partial charge in [-0.25, -0.2) is 4.79 Å². The van der Waals surface area contributed by atoms with E-state index in [9.17, 15) is 4.79 Å². The topological polar surface area (TPSA) is 35.5 Å². The molecule has 0 aliphatic carbocycles. The predicted molar refractivity (Wildman–Crippen MR) is 83.9 cm³/mol. The third kappa shape index (κ3) is 2.42. The predicted octanol–water partition coefficient (Wildman–Crippen LogP) is 4.70. The van der Waals surface area contributed by atoms with Crippen molar-refractivity contribution in [2.75, 3.05) is 7.11 Å². The van der Waals surface area contributed by atoms with Crippen LogP contribution in [0.5, 0.6) is 5.75 Å². The van der Waals surface area contributed by atoms with Gasteiger partial charge in [-0.15, -0.1) is 0 Å². The molecule has 0 unspecified atom stereocenters. The number of carbonyl (C=O) groups excluding carboxylic acids is 1. The number of hydrogen-bond acceptors (Lipinski definition) is 3. The molecule has 3 aromatic rings. The van der Waals surface area contributed by atoms with Crippen LogP contribution in [-0.4, -0.2) is 13.3 Å². The van der Waals surface area contributed by atoms with E-state index in [4.69, 9.17) is 4.74 Å². The molecule has 3 nitrogen and oxygen atoms in total. The SMILES string of the molecule is CCc1ccc2c(OC(=O)OC)c3ccccc3cc2c1. The van der Waals surface area contributed by atoms with Crippen molar-refractivity contribution in [3.63, 3.8) is 0 Å². The van der Waals surface area contributed by atoms with Gasteiger partial charge >= 0.3 is 6.16 Å². The molecule has 0 spiro atoms. The Kier molecular flexibility index (Phi) is 3.48. The van der Waals surface area contributed by atoms with E-state index in [1.807, 2.05) is 30.3 Å². The second-order valence-corrected chi connectivity index (χ2v) is 4.89. The first-order valence-electron chi connectivity index (χ1n) is 6.93. The number of fused-ring (bicyclic) bond motifs is 2. The summed E-state index contributed by atoms with van der Waals surface area (Å²) < 4.78 is 10.0. The van der Waals surface area contributed by atoms with Crippen LogP contribution in [0, 0.1) is 0 Å². The lowest BCUT2D eigenvalue weighted by atomic mass is 9.99. The zero-order valence-electron chi connectivity index (χ0n) is 12.1. The summed E-state index contributed by atoms with van der Waals surface area (Å²) in [4.78, 5) is 11.5. The molecule has 0 amide bonds. The number of aryl methyl sites for hydroxylation is 1. The Labute approximate surface area is 123 Å². The van der Waals surface area contributed by atoms with Crippen molar-refractivity contribution in [3.05, 3.63) is 54.1 Å². The van der Waals surface area contributed by atoms with Gasteiger partial charge in [-0.2, -0.15) is 0 Å². The Morgan fingerprint density at radius 3 is 2.52 bits per heavy atom. The number of methoxy groups -OCH3 is 1. The molecule has 0 heterocycles. The molecule has 3 rings (SSSR count). The van der Waals surface area contributed by atoms with Gasteiger partial charge in [-0.1, -0.05) is 49.4 Å². The number of hydrogen-bond donors (Lipinski definition) is 0. The maximum absolute atomic E-state index is 11.5. The smallest absolute Gasteiger partial charge is 0.437 e. The Balaban J connectivity index is 2.33. The normalized spacial score (nSPS) is 10.8. The van der Waals surface area contributed by atoms with Crippen molar-refractivity contribution in [2.45, 2.75) is 13.3 Å². The van der Waals surface area contributed by atoms with Crippen LogP contribution >= 0.6 is 0 Å². The fraction of sp³-hybridized carbons (Fsp3) is 0.167. The monoisotopic (exact) mass is 280 g/mol. The lowest BCUT2D eigenvalue weighted by molar-refractivity contribution is 0.122. The average molecular weight is 280 g/mol. The zero-order valence-corrected chi connectivity index (χ0v) is 12.1. The summed E-state index contributed by atoms with van der Waals surface area (Å²) in [6.07, 6.45) is 0.267. The Morgan fingerprint density at radius 2 is 1.76 bits per heavy atom. The van der Waals surface area contributed by atoms with E-state index in [-0.39, 0.29) is 0 Å². The highest BCUT2D eigenvalue weighted by Crippen LogP contribution is 2.35. The van der Waals surface area contributed by atoms with Crippen molar-refractivity contribution in [1.29, 1.82) is 0 Å². The van der Waals surface area contributed by atoms with Gasteiger partial charge in [-0.3, -0.25) is 0 Å². The second-order valence-electron chi connectivity index (χ2n) is 4.89. The molecule has 0 radical (unpaired) electrons. The molecule has 21 heavy (non-hydrogen) atoms. The highest BCUT2D eigenvalue weighted by molar-refractivity contribution is 6.06. The number of ether oxygens (including phenoxy) is 2. The molecule has 3 aromatic carbocycles. The van der Waals surface area contributed by atoms with Crippen molar-refractivity contribution < 1.29 is 14.3 Å². The second kappa shape index (κ2) is 5.44. The van der Waals surface area contributed by atoms with Gasteiger partial charge in [0.05, 0.1) is 7.11 Å². The lowest BCUT2D eigenvalue weighted by Crippen LogP contribution is -2.08. The lowest BCUT2D eigenvalue weighted by Gasteiger charge is -2.11. The van der Waals surface area contributed by atoms with Crippen LogP contribution in [0.25, 0.3) is 21.5 Å². The van der Waals surface area contributed by atoms with Crippen LogP contribution in [0.15, 0.2) is 48.5 Å². The van der Waals surface area contributed by atoms with Crippen molar-refractivity contribution in [2.24, 2.45) is 0 Å². The maximum atomic E-state index is 11.5. The molecular formula is C18H16O3. The third-order valence-corrected chi connectivity index (χ3v) is 3.64. The quantitative estimate of drug-likeness (QED) is 0.388. The molecule has 0 aliphatic rings. The molecule has 0 atom stereocenters. The molecule has 0 saturated carbocycles. The summed E-state index contributed by atoms with van der Waals surface area (Å²) in [6.45, 7) is 2.12. The average Bonchev–Trinajstić information content (AvgIpc) is 2.53. The molecule has 0 aliphatic heterocycles. The first-order chi connectivity index (χ1) is 10.2. The Morgan fingerprint density at radius 1 is 1.00 bits per heavy atom. The first kappa shape index (κ1) is 13.4. The van der Waals surface area contributed by atoms with Gasteiger partial charge in [0.1, 0.15) is 5.75 Å². The third-order valence-electron chi connectivity index (χ3n) is 3.64. The summed E-state index contributed by atoms with van der Waals surface area (Å²) in [5.41, 5.74) is 1.25. The minimum atomic E-state index is -0.702. The Bertz CT molecular complexity index is 821. The van der Waals surface area contributed by atoms with Gasteiger partial charge in [-0.05, 0) is 28.8 Å². The molecule has 0 aromatic heterocycles. The maximum Gasteiger partial charge on any atom is 0.513 e. The van der Waals surface area contributed by atoms with Crippen molar-refractivity contribution in [3.8, 4) is 5.75 Å². The van der Waals surface area contributed by atoms with E-state index >= 15 is 0 Å². The summed E-state index contributed by atoms with van der Waals surface area (Å²) in [5.74, 6) is 0.553. The van der Waals surface area contributed by atoms with Crippen LogP contribution in [0.4, 0.5) is 4.79 Å². The standard InChI is InChI=1S/C18H16O3/c1-3-12-8-9-16-14(10-12)11-13-6-4-5-7-15(13)17(16)21-18(19)20-2/h4-11H,3H2,1-2H3. The number of benzene rings is 3. The van der Waals surface area contributed by atoms with Crippen LogP contribution < -0.4 is 4.74 Å². The van der Waals surface area contributed by atoms with Gasteiger partial charge < -0.3 is 9.47 Å². The van der Waals surface area contributed by atoms with Gasteiger partial charge in [0.15, 0.2) is 0 Å². The van der Waals surface area contributed by atoms with Crippen molar-refractivity contribution in [1.82, 2.24) is 0 Å². The zero-order chi connectivity index (χ0) is 14.8.